The normalized spacial score (nSPS) is 25.5. The highest BCUT2D eigenvalue weighted by Gasteiger charge is 2.58. The minimum atomic E-state index is -4.77. The molecule has 1 aromatic carbocycles. The van der Waals surface area contributed by atoms with E-state index in [2.05, 4.69) is 4.90 Å². The number of ether oxygens (including phenoxy) is 1. The number of aromatic nitrogens is 1. The molecule has 0 amide bonds. The molecule has 1 saturated heterocycles. The molecule has 2 atom stereocenters. The zero-order valence-corrected chi connectivity index (χ0v) is 17.0. The summed E-state index contributed by atoms with van der Waals surface area (Å²) < 4.78 is 47.4. The highest BCUT2D eigenvalue weighted by atomic mass is 19.4. The molecule has 0 saturated carbocycles. The Morgan fingerprint density at radius 2 is 1.71 bits per heavy atom. The van der Waals surface area contributed by atoms with E-state index in [1.165, 1.54) is 12.1 Å². The van der Waals surface area contributed by atoms with Crippen molar-refractivity contribution < 1.29 is 33.2 Å². The number of alkyl halides is 3. The highest BCUT2D eigenvalue weighted by molar-refractivity contribution is 5.61. The van der Waals surface area contributed by atoms with Gasteiger partial charge in [0.1, 0.15) is 11.2 Å². The molecule has 4 rings (SSSR count). The summed E-state index contributed by atoms with van der Waals surface area (Å²) in [6.45, 7) is 4.90. The van der Waals surface area contributed by atoms with Gasteiger partial charge in [-0.1, -0.05) is 0 Å². The zero-order valence-electron chi connectivity index (χ0n) is 17.0. The van der Waals surface area contributed by atoms with Crippen molar-refractivity contribution in [3.63, 3.8) is 0 Å². The van der Waals surface area contributed by atoms with Crippen LogP contribution < -0.4 is 0 Å². The molecule has 2 aliphatic rings. The van der Waals surface area contributed by atoms with Crippen LogP contribution in [0.15, 0.2) is 18.2 Å². The standard InChI is InChI=1S/C21H22F3N3O4/c1-19-10-26(6-3-7-28)11-20(2,31-19)16-15(19)17(29)27(18(16)30)13-5-4-12(9-25)14(8-13)21(22,23)24/h4-5,8,28-30H,3,6-7,10-11H2,1-2H3/t19-,20+. The number of aromatic hydroxyl groups is 2. The molecule has 0 unspecified atom stereocenters. The molecule has 10 heteroatoms. The van der Waals surface area contributed by atoms with Gasteiger partial charge in [-0.15, -0.1) is 0 Å². The zero-order chi connectivity index (χ0) is 22.8. The average molecular weight is 437 g/mol. The van der Waals surface area contributed by atoms with Crippen LogP contribution in [0.2, 0.25) is 0 Å². The molecule has 1 fully saturated rings. The number of hydrogen-bond acceptors (Lipinski definition) is 6. The number of morpholine rings is 1. The molecule has 0 aliphatic carbocycles. The monoisotopic (exact) mass is 437 g/mol. The fourth-order valence-electron chi connectivity index (χ4n) is 4.98. The van der Waals surface area contributed by atoms with Crippen molar-refractivity contribution in [2.45, 2.75) is 37.6 Å². The van der Waals surface area contributed by atoms with Crippen LogP contribution in [-0.4, -0.2) is 51.0 Å². The quantitative estimate of drug-likeness (QED) is 0.680. The summed E-state index contributed by atoms with van der Waals surface area (Å²) in [6, 6.07) is 4.52. The number of rotatable bonds is 4. The molecule has 2 aromatic rings. The lowest BCUT2D eigenvalue weighted by Gasteiger charge is -2.43. The third-order valence-electron chi connectivity index (χ3n) is 6.00. The van der Waals surface area contributed by atoms with Crippen molar-refractivity contribution in [2.24, 2.45) is 0 Å². The molecule has 0 radical (unpaired) electrons. The van der Waals surface area contributed by atoms with Gasteiger partial charge in [-0.05, 0) is 38.5 Å². The predicted molar refractivity (Wildman–Crippen MR) is 103 cm³/mol. The maximum atomic E-state index is 13.4. The SMILES string of the molecule is C[C@]12CN(CCCO)C[C@](C)(O1)c1c2c(O)n(-c2ccc(C#N)c(C(F)(F)F)c2)c1O. The number of fused-ring (bicyclic) bond motifs is 5. The van der Waals surface area contributed by atoms with Crippen LogP contribution in [0.4, 0.5) is 13.2 Å². The molecule has 2 aliphatic heterocycles. The van der Waals surface area contributed by atoms with Crippen molar-refractivity contribution in [2.75, 3.05) is 26.2 Å². The van der Waals surface area contributed by atoms with Crippen molar-refractivity contribution in [1.82, 2.24) is 9.47 Å². The van der Waals surface area contributed by atoms with Gasteiger partial charge in [0.25, 0.3) is 0 Å². The van der Waals surface area contributed by atoms with Crippen LogP contribution in [0.1, 0.15) is 42.5 Å². The fraction of sp³-hybridized carbons (Fsp3) is 0.476. The summed E-state index contributed by atoms with van der Waals surface area (Å²) in [6.07, 6.45) is -4.22. The van der Waals surface area contributed by atoms with Crippen molar-refractivity contribution in [1.29, 1.82) is 5.26 Å². The van der Waals surface area contributed by atoms with Crippen LogP contribution >= 0.6 is 0 Å². The van der Waals surface area contributed by atoms with E-state index in [4.69, 9.17) is 15.1 Å². The second-order valence-corrected chi connectivity index (χ2v) is 8.42. The van der Waals surface area contributed by atoms with Gasteiger partial charge in [0, 0.05) is 26.2 Å². The average Bonchev–Trinajstić information content (AvgIpc) is 3.05. The van der Waals surface area contributed by atoms with Crippen molar-refractivity contribution in [3.05, 3.63) is 40.5 Å². The lowest BCUT2D eigenvalue weighted by Crippen LogP contribution is -2.51. The first kappa shape index (κ1) is 21.5. The molecular formula is C21H22F3N3O4. The van der Waals surface area contributed by atoms with E-state index in [1.807, 2.05) is 0 Å². The first-order valence-electron chi connectivity index (χ1n) is 9.78. The van der Waals surface area contributed by atoms with E-state index in [0.717, 1.165) is 16.7 Å². The minimum absolute atomic E-state index is 0.0285. The van der Waals surface area contributed by atoms with Crippen LogP contribution in [0.3, 0.4) is 0 Å². The van der Waals surface area contributed by atoms with Crippen molar-refractivity contribution in [3.8, 4) is 23.5 Å². The molecule has 7 nitrogen and oxygen atoms in total. The molecule has 166 valence electrons. The van der Waals surface area contributed by atoms with E-state index in [0.29, 0.717) is 37.2 Å². The van der Waals surface area contributed by atoms with Gasteiger partial charge >= 0.3 is 6.18 Å². The Morgan fingerprint density at radius 1 is 1.13 bits per heavy atom. The molecule has 2 bridgehead atoms. The van der Waals surface area contributed by atoms with E-state index in [-0.39, 0.29) is 12.3 Å². The summed E-state index contributed by atoms with van der Waals surface area (Å²) >= 11 is 0. The smallest absolute Gasteiger partial charge is 0.417 e. The summed E-state index contributed by atoms with van der Waals surface area (Å²) in [7, 11) is 0. The van der Waals surface area contributed by atoms with Gasteiger partial charge in [0.05, 0.1) is 34.0 Å². The summed E-state index contributed by atoms with van der Waals surface area (Å²) in [5, 5.41) is 40.2. The second-order valence-electron chi connectivity index (χ2n) is 8.42. The first-order valence-corrected chi connectivity index (χ1v) is 9.78. The minimum Gasteiger partial charge on any atom is -0.494 e. The molecule has 3 heterocycles. The maximum Gasteiger partial charge on any atom is 0.417 e. The van der Waals surface area contributed by atoms with Crippen LogP contribution in [0.5, 0.6) is 11.8 Å². The number of halogens is 3. The number of nitriles is 1. The molecule has 31 heavy (non-hydrogen) atoms. The van der Waals surface area contributed by atoms with Gasteiger partial charge in [-0.2, -0.15) is 18.4 Å². The van der Waals surface area contributed by atoms with Gasteiger partial charge in [-0.3, -0.25) is 9.47 Å². The van der Waals surface area contributed by atoms with Crippen LogP contribution in [0.25, 0.3) is 5.69 Å². The van der Waals surface area contributed by atoms with Gasteiger partial charge in [-0.25, -0.2) is 0 Å². The summed E-state index contributed by atoms with van der Waals surface area (Å²) in [5.74, 6) is -0.805. The van der Waals surface area contributed by atoms with E-state index >= 15 is 0 Å². The largest absolute Gasteiger partial charge is 0.494 e. The lowest BCUT2D eigenvalue weighted by molar-refractivity contribution is -0.186. The fourth-order valence-corrected chi connectivity index (χ4v) is 4.98. The topological polar surface area (TPSA) is 102 Å². The third-order valence-corrected chi connectivity index (χ3v) is 6.00. The Bertz CT molecular complexity index is 1050. The van der Waals surface area contributed by atoms with E-state index in [1.54, 1.807) is 13.8 Å². The van der Waals surface area contributed by atoms with E-state index < -0.39 is 40.3 Å². The molecule has 1 aromatic heterocycles. The Hall–Kier alpha value is -2.74. The number of aliphatic hydroxyl groups is 1. The number of hydrogen-bond donors (Lipinski definition) is 3. The number of benzene rings is 1. The van der Waals surface area contributed by atoms with Crippen molar-refractivity contribution >= 4 is 0 Å². The second kappa shape index (κ2) is 6.88. The van der Waals surface area contributed by atoms with Gasteiger partial charge < -0.3 is 20.1 Å². The molecule has 0 spiro atoms. The number of aliphatic hydroxyl groups excluding tert-OH is 1. The number of nitrogens with zero attached hydrogens (tertiary/aromatic N) is 3. The maximum absolute atomic E-state index is 13.4. The third kappa shape index (κ3) is 3.15. The Balaban J connectivity index is 1.86. The van der Waals surface area contributed by atoms with Crippen LogP contribution in [0, 0.1) is 11.3 Å². The van der Waals surface area contributed by atoms with E-state index in [9.17, 15) is 23.4 Å². The summed E-state index contributed by atoms with van der Waals surface area (Å²) in [4.78, 5) is 2.06. The Kier molecular flexibility index (Phi) is 4.77. The predicted octanol–water partition coefficient (Wildman–Crippen LogP) is 2.94. The highest BCUT2D eigenvalue weighted by Crippen LogP contribution is 2.59. The lowest BCUT2D eigenvalue weighted by atomic mass is 9.94. The van der Waals surface area contributed by atoms with Gasteiger partial charge in [0.15, 0.2) is 0 Å². The Labute approximate surface area is 176 Å². The summed E-state index contributed by atoms with van der Waals surface area (Å²) in [5.41, 5.74) is -3.14. The Morgan fingerprint density at radius 3 is 2.19 bits per heavy atom. The molecule has 3 N–H and O–H groups in total. The van der Waals surface area contributed by atoms with Gasteiger partial charge in [0.2, 0.25) is 11.8 Å². The van der Waals surface area contributed by atoms with Crippen LogP contribution in [-0.2, 0) is 22.1 Å². The first-order chi connectivity index (χ1) is 14.4. The molecular weight excluding hydrogens is 415 g/mol.